The van der Waals surface area contributed by atoms with Crippen molar-refractivity contribution in [2.45, 2.75) is 6.42 Å². The fourth-order valence-corrected chi connectivity index (χ4v) is 1.69. The van der Waals surface area contributed by atoms with Gasteiger partial charge in [-0.15, -0.1) is 11.6 Å². The van der Waals surface area contributed by atoms with Crippen molar-refractivity contribution in [3.05, 3.63) is 36.0 Å². The molecule has 0 aliphatic heterocycles. The number of Topliss-reactive ketones (excluding diaryl/α,β-unsaturated/α-hetero) is 1. The van der Waals surface area contributed by atoms with E-state index in [1.165, 1.54) is 0 Å². The van der Waals surface area contributed by atoms with Crippen molar-refractivity contribution in [3.8, 4) is 0 Å². The number of para-hydroxylation sites is 1. The van der Waals surface area contributed by atoms with Crippen LogP contribution in [0.2, 0.25) is 0 Å². The SMILES string of the molecule is O=C(CCCl)c1c[nH]c2ccccc12. The molecule has 14 heavy (non-hydrogen) atoms. The van der Waals surface area contributed by atoms with Gasteiger partial charge in [0.1, 0.15) is 0 Å². The highest BCUT2D eigenvalue weighted by atomic mass is 35.5. The number of rotatable bonds is 3. The molecule has 0 saturated carbocycles. The second-order valence-electron chi connectivity index (χ2n) is 3.11. The van der Waals surface area contributed by atoms with Gasteiger partial charge in [-0.3, -0.25) is 4.79 Å². The zero-order valence-corrected chi connectivity index (χ0v) is 8.34. The Labute approximate surface area is 86.9 Å². The minimum Gasteiger partial charge on any atom is -0.360 e. The van der Waals surface area contributed by atoms with E-state index in [1.54, 1.807) is 6.20 Å². The number of aromatic nitrogens is 1. The van der Waals surface area contributed by atoms with Crippen LogP contribution in [0.5, 0.6) is 0 Å². The zero-order valence-electron chi connectivity index (χ0n) is 7.59. The van der Waals surface area contributed by atoms with Crippen molar-refractivity contribution < 1.29 is 4.79 Å². The fraction of sp³-hybridized carbons (Fsp3) is 0.182. The van der Waals surface area contributed by atoms with Crippen LogP contribution in [0.4, 0.5) is 0 Å². The maximum absolute atomic E-state index is 11.6. The Balaban J connectivity index is 2.47. The molecule has 0 amide bonds. The Morgan fingerprint density at radius 2 is 2.14 bits per heavy atom. The van der Waals surface area contributed by atoms with E-state index in [4.69, 9.17) is 11.6 Å². The lowest BCUT2D eigenvalue weighted by Crippen LogP contribution is -1.97. The minimum absolute atomic E-state index is 0.0949. The topological polar surface area (TPSA) is 32.9 Å². The molecule has 1 aromatic carbocycles. The predicted molar refractivity (Wildman–Crippen MR) is 58.0 cm³/mol. The van der Waals surface area contributed by atoms with Crippen LogP contribution in [0.15, 0.2) is 30.5 Å². The van der Waals surface area contributed by atoms with Gasteiger partial charge in [0.25, 0.3) is 0 Å². The first-order chi connectivity index (χ1) is 6.83. The average molecular weight is 208 g/mol. The number of fused-ring (bicyclic) bond motifs is 1. The molecule has 2 rings (SSSR count). The Bertz CT molecular complexity index is 461. The lowest BCUT2D eigenvalue weighted by Gasteiger charge is -1.95. The van der Waals surface area contributed by atoms with Gasteiger partial charge in [0, 0.05) is 35.0 Å². The molecule has 1 heterocycles. The number of aromatic amines is 1. The van der Waals surface area contributed by atoms with Gasteiger partial charge in [-0.2, -0.15) is 0 Å². The molecule has 72 valence electrons. The lowest BCUT2D eigenvalue weighted by atomic mass is 10.1. The number of carbonyl (C=O) groups excluding carboxylic acids is 1. The highest BCUT2D eigenvalue weighted by Gasteiger charge is 2.10. The first-order valence-corrected chi connectivity index (χ1v) is 5.01. The number of hydrogen-bond acceptors (Lipinski definition) is 1. The molecule has 0 atom stereocenters. The molecule has 0 bridgehead atoms. The van der Waals surface area contributed by atoms with E-state index in [-0.39, 0.29) is 5.78 Å². The summed E-state index contributed by atoms with van der Waals surface area (Å²) in [6.07, 6.45) is 2.14. The summed E-state index contributed by atoms with van der Waals surface area (Å²) in [7, 11) is 0. The third-order valence-corrected chi connectivity index (χ3v) is 2.40. The first-order valence-electron chi connectivity index (χ1n) is 4.48. The molecular formula is C11H10ClNO. The molecule has 1 N–H and O–H groups in total. The predicted octanol–water partition coefficient (Wildman–Crippen LogP) is 2.98. The third-order valence-electron chi connectivity index (χ3n) is 2.21. The Morgan fingerprint density at radius 1 is 1.36 bits per heavy atom. The Hall–Kier alpha value is -1.28. The molecule has 0 saturated heterocycles. The van der Waals surface area contributed by atoms with Crippen LogP contribution in [-0.4, -0.2) is 16.6 Å². The van der Waals surface area contributed by atoms with Crippen LogP contribution in [0, 0.1) is 0 Å². The van der Waals surface area contributed by atoms with Crippen molar-refractivity contribution in [3.63, 3.8) is 0 Å². The van der Waals surface area contributed by atoms with Crippen LogP contribution >= 0.6 is 11.6 Å². The van der Waals surface area contributed by atoms with Crippen LogP contribution in [-0.2, 0) is 0 Å². The third kappa shape index (κ3) is 1.53. The average Bonchev–Trinajstić information content (AvgIpc) is 2.61. The number of benzene rings is 1. The summed E-state index contributed by atoms with van der Waals surface area (Å²) in [4.78, 5) is 14.7. The van der Waals surface area contributed by atoms with E-state index in [0.29, 0.717) is 12.3 Å². The molecule has 0 radical (unpaired) electrons. The molecule has 0 unspecified atom stereocenters. The summed E-state index contributed by atoms with van der Waals surface area (Å²) in [6.45, 7) is 0. The maximum atomic E-state index is 11.6. The Morgan fingerprint density at radius 3 is 2.93 bits per heavy atom. The molecule has 1 aromatic heterocycles. The summed E-state index contributed by atoms with van der Waals surface area (Å²) in [5, 5.41) is 0.975. The minimum atomic E-state index is 0.0949. The number of alkyl halides is 1. The van der Waals surface area contributed by atoms with Gasteiger partial charge in [0.05, 0.1) is 0 Å². The van der Waals surface area contributed by atoms with Crippen molar-refractivity contribution in [1.82, 2.24) is 4.98 Å². The summed E-state index contributed by atoms with van der Waals surface area (Å²) in [5.41, 5.74) is 1.73. The lowest BCUT2D eigenvalue weighted by molar-refractivity contribution is 0.0991. The second-order valence-corrected chi connectivity index (χ2v) is 3.49. The number of halogens is 1. The van der Waals surface area contributed by atoms with Gasteiger partial charge in [-0.25, -0.2) is 0 Å². The van der Waals surface area contributed by atoms with Crippen LogP contribution in [0.3, 0.4) is 0 Å². The standard InChI is InChI=1S/C11H10ClNO/c12-6-5-11(14)9-7-13-10-4-2-1-3-8(9)10/h1-4,7,13H,5-6H2. The number of carbonyl (C=O) groups is 1. The Kier molecular flexibility index (Phi) is 2.55. The van der Waals surface area contributed by atoms with Gasteiger partial charge >= 0.3 is 0 Å². The number of nitrogens with one attached hydrogen (secondary N) is 1. The second kappa shape index (κ2) is 3.84. The highest BCUT2D eigenvalue weighted by molar-refractivity contribution is 6.20. The highest BCUT2D eigenvalue weighted by Crippen LogP contribution is 2.18. The quantitative estimate of drug-likeness (QED) is 0.609. The van der Waals surface area contributed by atoms with Crippen molar-refractivity contribution >= 4 is 28.3 Å². The molecule has 2 nitrogen and oxygen atoms in total. The van der Waals surface area contributed by atoms with Gasteiger partial charge in [0.15, 0.2) is 5.78 Å². The van der Waals surface area contributed by atoms with Crippen molar-refractivity contribution in [2.24, 2.45) is 0 Å². The van der Waals surface area contributed by atoms with E-state index >= 15 is 0 Å². The van der Waals surface area contributed by atoms with Gasteiger partial charge in [-0.05, 0) is 6.07 Å². The van der Waals surface area contributed by atoms with E-state index in [2.05, 4.69) is 4.98 Å². The molecule has 3 heteroatoms. The summed E-state index contributed by atoms with van der Waals surface area (Å²) < 4.78 is 0. The number of hydrogen-bond donors (Lipinski definition) is 1. The van der Waals surface area contributed by atoms with Gasteiger partial charge in [0.2, 0.25) is 0 Å². The molecule has 0 aliphatic rings. The van der Waals surface area contributed by atoms with Crippen LogP contribution in [0.25, 0.3) is 10.9 Å². The number of ketones is 1. The van der Waals surface area contributed by atoms with Crippen LogP contribution < -0.4 is 0 Å². The molecular weight excluding hydrogens is 198 g/mol. The molecule has 0 aliphatic carbocycles. The van der Waals surface area contributed by atoms with Crippen molar-refractivity contribution in [2.75, 3.05) is 5.88 Å². The summed E-state index contributed by atoms with van der Waals surface area (Å²) in [5.74, 6) is 0.468. The largest absolute Gasteiger partial charge is 0.360 e. The van der Waals surface area contributed by atoms with E-state index in [1.807, 2.05) is 24.3 Å². The van der Waals surface area contributed by atoms with E-state index in [9.17, 15) is 4.79 Å². The summed E-state index contributed by atoms with van der Waals surface area (Å²) in [6, 6.07) is 7.75. The van der Waals surface area contributed by atoms with Gasteiger partial charge < -0.3 is 4.98 Å². The number of H-pyrrole nitrogens is 1. The van der Waals surface area contributed by atoms with Crippen LogP contribution in [0.1, 0.15) is 16.8 Å². The first kappa shape index (κ1) is 9.28. The van der Waals surface area contributed by atoms with Gasteiger partial charge in [-0.1, -0.05) is 18.2 Å². The van der Waals surface area contributed by atoms with E-state index in [0.717, 1.165) is 16.5 Å². The monoisotopic (exact) mass is 207 g/mol. The zero-order chi connectivity index (χ0) is 9.97. The van der Waals surface area contributed by atoms with E-state index < -0.39 is 0 Å². The smallest absolute Gasteiger partial charge is 0.166 e. The fourth-order valence-electron chi connectivity index (χ4n) is 1.52. The summed E-state index contributed by atoms with van der Waals surface area (Å²) >= 11 is 5.53. The molecule has 0 spiro atoms. The molecule has 2 aromatic rings. The maximum Gasteiger partial charge on any atom is 0.166 e. The molecule has 0 fully saturated rings. The van der Waals surface area contributed by atoms with Crippen molar-refractivity contribution in [1.29, 1.82) is 0 Å². The normalized spacial score (nSPS) is 10.6.